The summed E-state index contributed by atoms with van der Waals surface area (Å²) >= 11 is 0. The molecule has 1 aliphatic carbocycles. The molecule has 1 fully saturated rings. The number of rotatable bonds is 9. The lowest BCUT2D eigenvalue weighted by molar-refractivity contribution is -0.120. The molecule has 1 saturated carbocycles. The Labute approximate surface area is 172 Å². The topological polar surface area (TPSA) is 50.4 Å². The molecule has 0 radical (unpaired) electrons. The van der Waals surface area contributed by atoms with Crippen molar-refractivity contribution in [2.75, 3.05) is 18.9 Å². The Morgan fingerprint density at radius 1 is 1.17 bits per heavy atom. The standard InChI is InChI=1S/C24H31FN2O2/c1-17-18(5-3-7-22(17)25)6-4-14-27-21-11-8-19(9-12-21)20-10-13-23(26-2)24(15-20)29-16-28/h3,5,7,10,13,15-16,19,21,26-27H,4,6,8-9,11-12,14H2,1-2H3. The van der Waals surface area contributed by atoms with Crippen LogP contribution >= 0.6 is 0 Å². The van der Waals surface area contributed by atoms with E-state index < -0.39 is 0 Å². The van der Waals surface area contributed by atoms with Crippen molar-refractivity contribution in [3.63, 3.8) is 0 Å². The van der Waals surface area contributed by atoms with Gasteiger partial charge in [-0.05, 0) is 92.8 Å². The number of carbonyl (C=O) groups excluding carboxylic acids is 1. The van der Waals surface area contributed by atoms with Crippen LogP contribution in [-0.2, 0) is 11.2 Å². The molecule has 2 aromatic rings. The second-order valence-corrected chi connectivity index (χ2v) is 7.85. The summed E-state index contributed by atoms with van der Waals surface area (Å²) in [6.45, 7) is 3.29. The van der Waals surface area contributed by atoms with Crippen LogP contribution in [0.1, 0.15) is 54.7 Å². The van der Waals surface area contributed by atoms with E-state index >= 15 is 0 Å². The fraction of sp³-hybridized carbons (Fsp3) is 0.458. The Hall–Kier alpha value is -2.40. The molecule has 4 nitrogen and oxygen atoms in total. The van der Waals surface area contributed by atoms with Crippen LogP contribution in [0, 0.1) is 12.7 Å². The molecule has 0 saturated heterocycles. The number of benzene rings is 2. The summed E-state index contributed by atoms with van der Waals surface area (Å²) in [6.07, 6.45) is 6.45. The fourth-order valence-electron chi connectivity index (χ4n) is 4.29. The highest BCUT2D eigenvalue weighted by Crippen LogP contribution is 2.36. The molecular weight excluding hydrogens is 367 g/mol. The van der Waals surface area contributed by atoms with Gasteiger partial charge >= 0.3 is 0 Å². The lowest BCUT2D eigenvalue weighted by atomic mass is 9.81. The Kier molecular flexibility index (Phi) is 7.64. The number of carbonyl (C=O) groups is 1. The molecule has 156 valence electrons. The molecule has 2 aromatic carbocycles. The minimum atomic E-state index is -0.113. The van der Waals surface area contributed by atoms with Crippen LogP contribution < -0.4 is 15.4 Å². The first-order chi connectivity index (χ1) is 14.1. The zero-order valence-corrected chi connectivity index (χ0v) is 17.3. The number of aryl methyl sites for hydroxylation is 1. The largest absolute Gasteiger partial charge is 0.427 e. The van der Waals surface area contributed by atoms with E-state index in [1.165, 1.54) is 11.6 Å². The molecule has 0 amide bonds. The first-order valence-electron chi connectivity index (χ1n) is 10.5. The van der Waals surface area contributed by atoms with Gasteiger partial charge in [-0.3, -0.25) is 4.79 Å². The third-order valence-corrected chi connectivity index (χ3v) is 6.08. The van der Waals surface area contributed by atoms with Gasteiger partial charge in [0.25, 0.3) is 6.47 Å². The van der Waals surface area contributed by atoms with Crippen molar-refractivity contribution in [3.05, 3.63) is 58.9 Å². The smallest absolute Gasteiger partial charge is 0.298 e. The number of hydrogen-bond donors (Lipinski definition) is 2. The Balaban J connectivity index is 1.44. The van der Waals surface area contributed by atoms with Crippen LogP contribution in [0.25, 0.3) is 0 Å². The highest BCUT2D eigenvalue weighted by Gasteiger charge is 2.22. The fourth-order valence-corrected chi connectivity index (χ4v) is 4.29. The number of anilines is 1. The van der Waals surface area contributed by atoms with Crippen molar-refractivity contribution in [2.24, 2.45) is 0 Å². The maximum Gasteiger partial charge on any atom is 0.298 e. The molecule has 0 spiro atoms. The average Bonchev–Trinajstić information content (AvgIpc) is 2.75. The third-order valence-electron chi connectivity index (χ3n) is 6.08. The predicted molar refractivity (Wildman–Crippen MR) is 115 cm³/mol. The van der Waals surface area contributed by atoms with E-state index in [4.69, 9.17) is 4.74 Å². The van der Waals surface area contributed by atoms with Gasteiger partial charge in [-0.1, -0.05) is 18.2 Å². The monoisotopic (exact) mass is 398 g/mol. The lowest BCUT2D eigenvalue weighted by Gasteiger charge is -2.30. The summed E-state index contributed by atoms with van der Waals surface area (Å²) in [5, 5.41) is 6.72. The summed E-state index contributed by atoms with van der Waals surface area (Å²) in [5.41, 5.74) is 3.94. The SMILES string of the molecule is CNc1ccc(C2CCC(NCCCc3cccc(F)c3C)CC2)cc1OC=O. The van der Waals surface area contributed by atoms with E-state index in [9.17, 15) is 9.18 Å². The van der Waals surface area contributed by atoms with E-state index in [1.54, 1.807) is 6.07 Å². The summed E-state index contributed by atoms with van der Waals surface area (Å²) in [6, 6.07) is 12.0. The summed E-state index contributed by atoms with van der Waals surface area (Å²) < 4.78 is 18.7. The number of ether oxygens (including phenoxy) is 1. The maximum atomic E-state index is 13.6. The first-order valence-corrected chi connectivity index (χ1v) is 10.5. The van der Waals surface area contributed by atoms with Gasteiger partial charge in [-0.2, -0.15) is 0 Å². The van der Waals surface area contributed by atoms with Crippen molar-refractivity contribution in [2.45, 2.75) is 57.4 Å². The number of nitrogens with one attached hydrogen (secondary N) is 2. The number of halogens is 1. The van der Waals surface area contributed by atoms with Crippen LogP contribution in [0.2, 0.25) is 0 Å². The van der Waals surface area contributed by atoms with Crippen LogP contribution in [0.4, 0.5) is 10.1 Å². The van der Waals surface area contributed by atoms with Crippen molar-refractivity contribution in [1.29, 1.82) is 0 Å². The molecule has 0 atom stereocenters. The third kappa shape index (κ3) is 5.57. The Morgan fingerprint density at radius 2 is 1.97 bits per heavy atom. The molecule has 0 aliphatic heterocycles. The van der Waals surface area contributed by atoms with E-state index in [0.29, 0.717) is 24.2 Å². The van der Waals surface area contributed by atoms with Crippen LogP contribution in [-0.4, -0.2) is 26.1 Å². The van der Waals surface area contributed by atoms with Crippen LogP contribution in [0.15, 0.2) is 36.4 Å². The second-order valence-electron chi connectivity index (χ2n) is 7.85. The van der Waals surface area contributed by atoms with Gasteiger partial charge in [0.15, 0.2) is 5.75 Å². The highest BCUT2D eigenvalue weighted by atomic mass is 19.1. The van der Waals surface area contributed by atoms with E-state index in [0.717, 1.165) is 61.9 Å². The summed E-state index contributed by atoms with van der Waals surface area (Å²) in [7, 11) is 1.82. The van der Waals surface area contributed by atoms with E-state index in [-0.39, 0.29) is 5.82 Å². The van der Waals surface area contributed by atoms with Crippen LogP contribution in [0.5, 0.6) is 5.75 Å². The Bertz CT molecular complexity index is 817. The molecule has 5 heteroatoms. The lowest BCUT2D eigenvalue weighted by Crippen LogP contribution is -2.33. The van der Waals surface area contributed by atoms with E-state index in [1.807, 2.05) is 32.2 Å². The van der Waals surface area contributed by atoms with Crippen molar-refractivity contribution in [1.82, 2.24) is 5.32 Å². The summed E-state index contributed by atoms with van der Waals surface area (Å²) in [5.74, 6) is 0.981. The molecule has 0 aromatic heterocycles. The molecule has 29 heavy (non-hydrogen) atoms. The zero-order chi connectivity index (χ0) is 20.6. The van der Waals surface area contributed by atoms with Gasteiger partial charge in [0.2, 0.25) is 0 Å². The molecule has 1 aliphatic rings. The van der Waals surface area contributed by atoms with Crippen LogP contribution in [0.3, 0.4) is 0 Å². The maximum absolute atomic E-state index is 13.6. The molecule has 0 unspecified atom stereocenters. The van der Waals surface area contributed by atoms with Gasteiger partial charge < -0.3 is 15.4 Å². The molecule has 0 heterocycles. The van der Waals surface area contributed by atoms with Crippen molar-refractivity contribution >= 4 is 12.2 Å². The highest BCUT2D eigenvalue weighted by molar-refractivity contribution is 5.62. The molecule has 2 N–H and O–H groups in total. The Morgan fingerprint density at radius 3 is 2.69 bits per heavy atom. The number of hydrogen-bond acceptors (Lipinski definition) is 4. The predicted octanol–water partition coefficient (Wildman–Crippen LogP) is 4.96. The average molecular weight is 399 g/mol. The van der Waals surface area contributed by atoms with E-state index in [2.05, 4.69) is 16.7 Å². The normalized spacial score (nSPS) is 19.0. The second kappa shape index (κ2) is 10.4. The first kappa shape index (κ1) is 21.3. The van der Waals surface area contributed by atoms with Gasteiger partial charge in [0, 0.05) is 13.1 Å². The molecule has 3 rings (SSSR count). The minimum Gasteiger partial charge on any atom is -0.427 e. The van der Waals surface area contributed by atoms with Gasteiger partial charge in [0.05, 0.1) is 5.69 Å². The van der Waals surface area contributed by atoms with Gasteiger partial charge in [0.1, 0.15) is 5.82 Å². The van der Waals surface area contributed by atoms with Gasteiger partial charge in [-0.25, -0.2) is 4.39 Å². The van der Waals surface area contributed by atoms with Crippen molar-refractivity contribution < 1.29 is 13.9 Å². The summed E-state index contributed by atoms with van der Waals surface area (Å²) in [4.78, 5) is 10.7. The molecular formula is C24H31FN2O2. The molecule has 0 bridgehead atoms. The zero-order valence-electron chi connectivity index (χ0n) is 17.3. The van der Waals surface area contributed by atoms with Gasteiger partial charge in [-0.15, -0.1) is 0 Å². The quantitative estimate of drug-likeness (QED) is 0.463. The van der Waals surface area contributed by atoms with Crippen molar-refractivity contribution in [3.8, 4) is 5.75 Å². The minimum absolute atomic E-state index is 0.113.